The molecule has 4 N–H and O–H groups in total. The number of hydrogen-bond donors (Lipinski definition) is 3. The number of hydrogen-bond acceptors (Lipinski definition) is 6. The first-order valence-corrected chi connectivity index (χ1v) is 10.3. The Morgan fingerprint density at radius 3 is 2.18 bits per heavy atom. The van der Waals surface area contributed by atoms with Crippen molar-refractivity contribution in [1.29, 1.82) is 5.26 Å². The van der Waals surface area contributed by atoms with Gasteiger partial charge >= 0.3 is 0 Å². The average Bonchev–Trinajstić information content (AvgIpc) is 2.52. The average molecular weight is 407 g/mol. The van der Waals surface area contributed by atoms with E-state index in [2.05, 4.69) is 5.32 Å². The SMILES string of the molecule is CC1(C)CC(N)CC(C)(C)N1/C=C(/C#N)C(=O)Nc1ccc(S(=O)(=O)O)cc1. The fourth-order valence-electron chi connectivity index (χ4n) is 3.90. The third-order valence-electron chi connectivity index (χ3n) is 4.86. The molecule has 1 fully saturated rings. The smallest absolute Gasteiger partial charge is 0.294 e. The number of rotatable bonds is 4. The van der Waals surface area contributed by atoms with Crippen molar-refractivity contribution in [2.75, 3.05) is 5.32 Å². The zero-order valence-electron chi connectivity index (χ0n) is 16.4. The fourth-order valence-corrected chi connectivity index (χ4v) is 4.38. The van der Waals surface area contributed by atoms with E-state index < -0.39 is 16.0 Å². The largest absolute Gasteiger partial charge is 0.366 e. The molecular formula is C19H26N4O4S. The molecule has 0 aliphatic carbocycles. The number of amides is 1. The minimum absolute atomic E-state index is 0.0373. The summed E-state index contributed by atoms with van der Waals surface area (Å²) in [6.45, 7) is 8.08. The second-order valence-corrected chi connectivity index (χ2v) is 9.69. The van der Waals surface area contributed by atoms with Crippen molar-refractivity contribution >= 4 is 21.7 Å². The van der Waals surface area contributed by atoms with Crippen molar-refractivity contribution in [1.82, 2.24) is 4.90 Å². The summed E-state index contributed by atoms with van der Waals surface area (Å²) < 4.78 is 31.2. The third-order valence-corrected chi connectivity index (χ3v) is 5.73. The van der Waals surface area contributed by atoms with Gasteiger partial charge in [-0.3, -0.25) is 9.35 Å². The van der Waals surface area contributed by atoms with E-state index in [0.29, 0.717) is 5.69 Å². The lowest BCUT2D eigenvalue weighted by Crippen LogP contribution is -2.61. The van der Waals surface area contributed by atoms with E-state index in [4.69, 9.17) is 10.3 Å². The van der Waals surface area contributed by atoms with Gasteiger partial charge < -0.3 is 16.0 Å². The van der Waals surface area contributed by atoms with Crippen LogP contribution in [0, 0.1) is 11.3 Å². The van der Waals surface area contributed by atoms with E-state index in [1.807, 2.05) is 38.7 Å². The highest BCUT2D eigenvalue weighted by Gasteiger charge is 2.43. The quantitative estimate of drug-likeness (QED) is 0.396. The van der Waals surface area contributed by atoms with Gasteiger partial charge in [0, 0.05) is 29.0 Å². The number of nitrogens with one attached hydrogen (secondary N) is 1. The summed E-state index contributed by atoms with van der Waals surface area (Å²) in [6.07, 6.45) is 3.02. The monoisotopic (exact) mass is 406 g/mol. The Hall–Kier alpha value is -2.41. The molecule has 0 spiro atoms. The van der Waals surface area contributed by atoms with Crippen LogP contribution in [0.5, 0.6) is 0 Å². The lowest BCUT2D eigenvalue weighted by Gasteiger charge is -2.54. The first kappa shape index (κ1) is 21.9. The van der Waals surface area contributed by atoms with Crippen LogP contribution in [0.25, 0.3) is 0 Å². The Morgan fingerprint density at radius 1 is 1.25 bits per heavy atom. The number of nitriles is 1. The first-order valence-electron chi connectivity index (χ1n) is 8.82. The van der Waals surface area contributed by atoms with Crippen LogP contribution in [-0.4, -0.2) is 40.9 Å². The predicted octanol–water partition coefficient (Wildman–Crippen LogP) is 2.26. The summed E-state index contributed by atoms with van der Waals surface area (Å²) in [4.78, 5) is 14.3. The molecule has 1 heterocycles. The Labute approximate surface area is 165 Å². The van der Waals surface area contributed by atoms with Crippen LogP contribution < -0.4 is 11.1 Å². The molecule has 152 valence electrons. The molecule has 0 bridgehead atoms. The molecule has 8 nitrogen and oxygen atoms in total. The van der Waals surface area contributed by atoms with Crippen LogP contribution in [0.4, 0.5) is 5.69 Å². The van der Waals surface area contributed by atoms with Gasteiger partial charge in [-0.1, -0.05) is 0 Å². The Balaban J connectivity index is 2.26. The van der Waals surface area contributed by atoms with Crippen LogP contribution in [0.2, 0.25) is 0 Å². The van der Waals surface area contributed by atoms with Gasteiger partial charge in [0.2, 0.25) is 0 Å². The highest BCUT2D eigenvalue weighted by Crippen LogP contribution is 2.38. The van der Waals surface area contributed by atoms with Crippen molar-refractivity contribution in [3.63, 3.8) is 0 Å². The minimum Gasteiger partial charge on any atom is -0.366 e. The molecule has 28 heavy (non-hydrogen) atoms. The first-order chi connectivity index (χ1) is 12.8. The molecule has 0 aromatic heterocycles. The van der Waals surface area contributed by atoms with Crippen LogP contribution in [-0.2, 0) is 14.9 Å². The molecule has 0 atom stereocenters. The van der Waals surface area contributed by atoms with Gasteiger partial charge in [-0.05, 0) is 64.8 Å². The number of carbonyl (C=O) groups is 1. The molecule has 0 radical (unpaired) electrons. The van der Waals surface area contributed by atoms with Gasteiger partial charge in [0.1, 0.15) is 11.6 Å². The minimum atomic E-state index is -4.31. The molecule has 2 rings (SSSR count). The Bertz CT molecular complexity index is 910. The van der Waals surface area contributed by atoms with Gasteiger partial charge in [0.15, 0.2) is 0 Å². The zero-order valence-corrected chi connectivity index (χ0v) is 17.2. The number of nitrogens with two attached hydrogens (primary N) is 1. The standard InChI is InChI=1S/C19H26N4O4S/c1-18(2)9-14(21)10-19(3,4)23(18)12-13(11-20)17(24)22-15-5-7-16(8-6-15)28(25,26)27/h5-8,12,14H,9-10,21H2,1-4H3,(H,22,24)(H,25,26,27)/b13-12-. The van der Waals surface area contributed by atoms with Crippen molar-refractivity contribution in [3.8, 4) is 6.07 Å². The molecule has 1 saturated heterocycles. The summed E-state index contributed by atoms with van der Waals surface area (Å²) in [5, 5.41) is 12.1. The highest BCUT2D eigenvalue weighted by atomic mass is 32.2. The fraction of sp³-hybridized carbons (Fsp3) is 0.474. The van der Waals surface area contributed by atoms with Gasteiger partial charge in [-0.15, -0.1) is 0 Å². The van der Waals surface area contributed by atoms with Gasteiger partial charge in [0.25, 0.3) is 16.0 Å². The van der Waals surface area contributed by atoms with Gasteiger partial charge in [0.05, 0.1) is 4.90 Å². The number of piperidine rings is 1. The Morgan fingerprint density at radius 2 is 1.75 bits per heavy atom. The van der Waals surface area contributed by atoms with E-state index in [1.54, 1.807) is 6.20 Å². The number of likely N-dealkylation sites (tertiary alicyclic amines) is 1. The van der Waals surface area contributed by atoms with Crippen LogP contribution in [0.1, 0.15) is 40.5 Å². The van der Waals surface area contributed by atoms with Crippen molar-refractivity contribution in [2.45, 2.75) is 62.6 Å². The predicted molar refractivity (Wildman–Crippen MR) is 106 cm³/mol. The normalized spacial score (nSPS) is 19.8. The van der Waals surface area contributed by atoms with Crippen LogP contribution in [0.15, 0.2) is 40.9 Å². The molecule has 1 aliphatic heterocycles. The van der Waals surface area contributed by atoms with Gasteiger partial charge in [-0.2, -0.15) is 13.7 Å². The summed E-state index contributed by atoms with van der Waals surface area (Å²) in [6, 6.07) is 6.97. The molecular weight excluding hydrogens is 380 g/mol. The van der Waals surface area contributed by atoms with Crippen LogP contribution >= 0.6 is 0 Å². The molecule has 1 aromatic rings. The maximum Gasteiger partial charge on any atom is 0.294 e. The molecule has 0 unspecified atom stereocenters. The molecule has 1 amide bonds. The van der Waals surface area contributed by atoms with Crippen molar-refractivity contribution in [3.05, 3.63) is 36.0 Å². The number of nitrogens with zero attached hydrogens (tertiary/aromatic N) is 2. The highest BCUT2D eigenvalue weighted by molar-refractivity contribution is 7.85. The lowest BCUT2D eigenvalue weighted by atomic mass is 9.77. The van der Waals surface area contributed by atoms with E-state index in [-0.39, 0.29) is 27.6 Å². The maximum atomic E-state index is 12.6. The van der Waals surface area contributed by atoms with E-state index in [0.717, 1.165) is 12.8 Å². The van der Waals surface area contributed by atoms with Crippen molar-refractivity contribution in [2.24, 2.45) is 5.73 Å². The summed E-state index contributed by atoms with van der Waals surface area (Å²) in [7, 11) is -4.31. The summed E-state index contributed by atoms with van der Waals surface area (Å²) >= 11 is 0. The number of anilines is 1. The summed E-state index contributed by atoms with van der Waals surface area (Å²) in [5.74, 6) is -0.608. The topological polar surface area (TPSA) is 137 Å². The van der Waals surface area contributed by atoms with Crippen LogP contribution in [0.3, 0.4) is 0 Å². The second kappa shape index (κ2) is 7.54. The van der Waals surface area contributed by atoms with E-state index >= 15 is 0 Å². The molecule has 0 saturated carbocycles. The summed E-state index contributed by atoms with van der Waals surface area (Å²) in [5.41, 5.74) is 5.73. The second-order valence-electron chi connectivity index (χ2n) is 8.27. The van der Waals surface area contributed by atoms with Crippen molar-refractivity contribution < 1.29 is 17.8 Å². The zero-order chi connectivity index (χ0) is 21.3. The Kier molecular flexibility index (Phi) is 5.90. The maximum absolute atomic E-state index is 12.6. The number of carbonyl (C=O) groups excluding carboxylic acids is 1. The van der Waals surface area contributed by atoms with E-state index in [1.165, 1.54) is 24.3 Å². The number of benzene rings is 1. The third kappa shape index (κ3) is 4.90. The molecule has 1 aliphatic rings. The van der Waals surface area contributed by atoms with Gasteiger partial charge in [-0.25, -0.2) is 0 Å². The lowest BCUT2D eigenvalue weighted by molar-refractivity contribution is -0.112. The van der Waals surface area contributed by atoms with E-state index in [9.17, 15) is 18.5 Å². The molecule has 9 heteroatoms. The molecule has 1 aromatic carbocycles.